The first-order chi connectivity index (χ1) is 9.83. The van der Waals surface area contributed by atoms with E-state index in [9.17, 15) is 0 Å². The molecule has 3 nitrogen and oxygen atoms in total. The standard InChI is InChI=1S/C17H28N2O/c1-18-15-19(17-12-8-7-11-16(17)18)13-9-5-3-2-4-6-10-14-20/h7-8,11-12,20H,2-6,9-10,13-15H2,1H3. The molecule has 1 aromatic carbocycles. The number of benzene rings is 1. The van der Waals surface area contributed by atoms with Crippen molar-refractivity contribution in [3.63, 3.8) is 0 Å². The summed E-state index contributed by atoms with van der Waals surface area (Å²) in [5.74, 6) is 0. The van der Waals surface area contributed by atoms with E-state index in [4.69, 9.17) is 5.11 Å². The molecule has 1 aliphatic rings. The molecule has 1 heterocycles. The van der Waals surface area contributed by atoms with Gasteiger partial charge in [-0.1, -0.05) is 44.2 Å². The first kappa shape index (κ1) is 15.2. The zero-order chi connectivity index (χ0) is 14.2. The Morgan fingerprint density at radius 1 is 0.900 bits per heavy atom. The van der Waals surface area contributed by atoms with E-state index >= 15 is 0 Å². The lowest BCUT2D eigenvalue weighted by Crippen LogP contribution is -2.28. The maximum Gasteiger partial charge on any atom is 0.0901 e. The van der Waals surface area contributed by atoms with E-state index in [0.717, 1.165) is 19.6 Å². The Kier molecular flexibility index (Phi) is 6.19. The molecule has 1 aliphatic heterocycles. The van der Waals surface area contributed by atoms with Crippen molar-refractivity contribution in [1.82, 2.24) is 0 Å². The first-order valence-corrected chi connectivity index (χ1v) is 7.99. The van der Waals surface area contributed by atoms with Gasteiger partial charge in [0.15, 0.2) is 0 Å². The predicted octanol–water partition coefficient (Wildman–Crippen LogP) is 3.62. The summed E-state index contributed by atoms with van der Waals surface area (Å²) in [5, 5.41) is 8.72. The predicted molar refractivity (Wildman–Crippen MR) is 86.5 cm³/mol. The Morgan fingerprint density at radius 3 is 2.20 bits per heavy atom. The Hall–Kier alpha value is -1.22. The molecule has 0 atom stereocenters. The van der Waals surface area contributed by atoms with Crippen molar-refractivity contribution in [3.8, 4) is 0 Å². The number of rotatable bonds is 9. The average molecular weight is 276 g/mol. The Morgan fingerprint density at radius 2 is 1.50 bits per heavy atom. The van der Waals surface area contributed by atoms with E-state index in [1.807, 2.05) is 0 Å². The van der Waals surface area contributed by atoms with Crippen LogP contribution in [0.15, 0.2) is 24.3 Å². The summed E-state index contributed by atoms with van der Waals surface area (Å²) in [6.07, 6.45) is 8.67. The van der Waals surface area contributed by atoms with Gasteiger partial charge in [-0.25, -0.2) is 0 Å². The highest BCUT2D eigenvalue weighted by molar-refractivity contribution is 5.75. The van der Waals surface area contributed by atoms with Gasteiger partial charge in [0, 0.05) is 20.2 Å². The number of aliphatic hydroxyl groups excluding tert-OH is 1. The van der Waals surface area contributed by atoms with Crippen molar-refractivity contribution in [2.75, 3.05) is 36.7 Å². The molecule has 112 valence electrons. The van der Waals surface area contributed by atoms with Crippen molar-refractivity contribution < 1.29 is 5.11 Å². The van der Waals surface area contributed by atoms with Crippen LogP contribution in [0.4, 0.5) is 11.4 Å². The summed E-state index contributed by atoms with van der Waals surface area (Å²) in [6, 6.07) is 8.68. The second-order valence-corrected chi connectivity index (χ2v) is 5.79. The molecule has 0 fully saturated rings. The van der Waals surface area contributed by atoms with Crippen molar-refractivity contribution in [2.45, 2.75) is 44.9 Å². The molecule has 0 saturated heterocycles. The molecule has 0 unspecified atom stereocenters. The third kappa shape index (κ3) is 4.14. The Balaban J connectivity index is 1.61. The monoisotopic (exact) mass is 276 g/mol. The molecule has 0 radical (unpaired) electrons. The second kappa shape index (κ2) is 8.15. The minimum atomic E-state index is 0.349. The largest absolute Gasteiger partial charge is 0.396 e. The Labute approximate surface area is 123 Å². The summed E-state index contributed by atoms with van der Waals surface area (Å²) in [6.45, 7) is 2.54. The minimum Gasteiger partial charge on any atom is -0.396 e. The summed E-state index contributed by atoms with van der Waals surface area (Å²) in [4.78, 5) is 4.81. The zero-order valence-electron chi connectivity index (χ0n) is 12.7. The molecule has 2 rings (SSSR count). The average Bonchev–Trinajstić information content (AvgIpc) is 2.79. The van der Waals surface area contributed by atoms with Gasteiger partial charge >= 0.3 is 0 Å². The van der Waals surface area contributed by atoms with E-state index < -0.39 is 0 Å². The highest BCUT2D eigenvalue weighted by Gasteiger charge is 2.21. The maximum atomic E-state index is 8.72. The maximum absolute atomic E-state index is 8.72. The third-order valence-corrected chi connectivity index (χ3v) is 4.10. The molecular formula is C17H28N2O. The number of hydrogen-bond donors (Lipinski definition) is 1. The van der Waals surface area contributed by atoms with Crippen molar-refractivity contribution in [3.05, 3.63) is 24.3 Å². The summed E-state index contributed by atoms with van der Waals surface area (Å²) in [7, 11) is 2.17. The molecule has 0 aromatic heterocycles. The molecule has 0 amide bonds. The lowest BCUT2D eigenvalue weighted by atomic mass is 10.1. The number of fused-ring (bicyclic) bond motifs is 1. The zero-order valence-corrected chi connectivity index (χ0v) is 12.7. The molecule has 0 saturated carbocycles. The van der Waals surface area contributed by atoms with Crippen LogP contribution in [0.3, 0.4) is 0 Å². The van der Waals surface area contributed by atoms with Crippen LogP contribution >= 0.6 is 0 Å². The van der Waals surface area contributed by atoms with Crippen LogP contribution < -0.4 is 9.80 Å². The van der Waals surface area contributed by atoms with Crippen LogP contribution in [-0.2, 0) is 0 Å². The fourth-order valence-corrected chi connectivity index (χ4v) is 2.95. The minimum absolute atomic E-state index is 0.349. The Bertz CT molecular complexity index is 394. The van der Waals surface area contributed by atoms with Gasteiger partial charge in [0.1, 0.15) is 0 Å². The SMILES string of the molecule is CN1CN(CCCCCCCCCO)c2ccccc21. The van der Waals surface area contributed by atoms with Gasteiger partial charge in [0.25, 0.3) is 0 Å². The van der Waals surface area contributed by atoms with E-state index in [-0.39, 0.29) is 0 Å². The molecule has 3 heteroatoms. The lowest BCUT2D eigenvalue weighted by molar-refractivity contribution is 0.282. The summed E-state index contributed by atoms with van der Waals surface area (Å²) in [5.41, 5.74) is 2.74. The van der Waals surface area contributed by atoms with Crippen LogP contribution in [0.1, 0.15) is 44.9 Å². The van der Waals surface area contributed by atoms with E-state index in [0.29, 0.717) is 6.61 Å². The van der Waals surface area contributed by atoms with Gasteiger partial charge in [0.05, 0.1) is 18.0 Å². The van der Waals surface area contributed by atoms with E-state index in [1.165, 1.54) is 49.9 Å². The quantitative estimate of drug-likeness (QED) is 0.698. The van der Waals surface area contributed by atoms with Gasteiger partial charge < -0.3 is 14.9 Å². The number of hydrogen-bond acceptors (Lipinski definition) is 3. The van der Waals surface area contributed by atoms with Gasteiger partial charge in [-0.05, 0) is 25.0 Å². The summed E-state index contributed by atoms with van der Waals surface area (Å²) >= 11 is 0. The normalized spacial score (nSPS) is 13.9. The van der Waals surface area contributed by atoms with Gasteiger partial charge in [-0.3, -0.25) is 0 Å². The molecule has 1 N–H and O–H groups in total. The van der Waals surface area contributed by atoms with Crippen LogP contribution in [0.2, 0.25) is 0 Å². The number of unbranched alkanes of at least 4 members (excludes halogenated alkanes) is 6. The van der Waals surface area contributed by atoms with Crippen molar-refractivity contribution >= 4 is 11.4 Å². The number of anilines is 2. The number of para-hydroxylation sites is 2. The highest BCUT2D eigenvalue weighted by atomic mass is 16.2. The fraction of sp³-hybridized carbons (Fsp3) is 0.647. The van der Waals surface area contributed by atoms with Crippen molar-refractivity contribution in [2.24, 2.45) is 0 Å². The molecule has 20 heavy (non-hydrogen) atoms. The molecule has 0 bridgehead atoms. The van der Waals surface area contributed by atoms with Gasteiger partial charge in [0.2, 0.25) is 0 Å². The first-order valence-electron chi connectivity index (χ1n) is 7.99. The van der Waals surface area contributed by atoms with Gasteiger partial charge in [-0.15, -0.1) is 0 Å². The molecular weight excluding hydrogens is 248 g/mol. The molecule has 0 spiro atoms. The third-order valence-electron chi connectivity index (χ3n) is 4.10. The second-order valence-electron chi connectivity index (χ2n) is 5.79. The molecule has 1 aromatic rings. The van der Waals surface area contributed by atoms with Crippen LogP contribution in [0, 0.1) is 0 Å². The van der Waals surface area contributed by atoms with E-state index in [1.54, 1.807) is 0 Å². The lowest BCUT2D eigenvalue weighted by Gasteiger charge is -2.19. The molecule has 0 aliphatic carbocycles. The summed E-state index contributed by atoms with van der Waals surface area (Å²) < 4.78 is 0. The fourth-order valence-electron chi connectivity index (χ4n) is 2.95. The van der Waals surface area contributed by atoms with Crippen LogP contribution in [0.25, 0.3) is 0 Å². The highest BCUT2D eigenvalue weighted by Crippen LogP contribution is 2.34. The topological polar surface area (TPSA) is 26.7 Å². The van der Waals surface area contributed by atoms with Crippen LogP contribution in [-0.4, -0.2) is 32.0 Å². The number of nitrogens with zero attached hydrogens (tertiary/aromatic N) is 2. The van der Waals surface area contributed by atoms with Gasteiger partial charge in [-0.2, -0.15) is 0 Å². The van der Waals surface area contributed by atoms with E-state index in [2.05, 4.69) is 41.1 Å². The number of aliphatic hydroxyl groups is 1. The smallest absolute Gasteiger partial charge is 0.0901 e. The van der Waals surface area contributed by atoms with Crippen molar-refractivity contribution in [1.29, 1.82) is 0 Å². The van der Waals surface area contributed by atoms with Crippen LogP contribution in [0.5, 0.6) is 0 Å².